The first kappa shape index (κ1) is 19.9. The molecule has 3 rings (SSSR count). The summed E-state index contributed by atoms with van der Waals surface area (Å²) in [5.74, 6) is 0.979. The van der Waals surface area contributed by atoms with E-state index in [9.17, 15) is 9.59 Å². The number of aryl methyl sites for hydroxylation is 1. The maximum atomic E-state index is 12.4. The second kappa shape index (κ2) is 8.91. The fraction of sp³-hybridized carbons (Fsp3) is 0.391. The van der Waals surface area contributed by atoms with Crippen LogP contribution in [0.4, 0.5) is 11.4 Å². The van der Waals surface area contributed by atoms with Crippen molar-refractivity contribution in [2.45, 2.75) is 46.0 Å². The van der Waals surface area contributed by atoms with Gasteiger partial charge >= 0.3 is 0 Å². The number of anilines is 2. The number of piperidine rings is 1. The van der Waals surface area contributed by atoms with Crippen molar-refractivity contribution >= 4 is 23.2 Å². The molecule has 0 saturated carbocycles. The van der Waals surface area contributed by atoms with Gasteiger partial charge in [-0.1, -0.05) is 32.0 Å². The Labute approximate surface area is 166 Å². The highest BCUT2D eigenvalue weighted by molar-refractivity contribution is 5.96. The Morgan fingerprint density at radius 1 is 1.18 bits per heavy atom. The van der Waals surface area contributed by atoms with Crippen molar-refractivity contribution in [1.29, 1.82) is 0 Å². The molecule has 0 aromatic heterocycles. The molecule has 2 aromatic rings. The summed E-state index contributed by atoms with van der Waals surface area (Å²) in [6.07, 6.45) is 2.53. The molecule has 1 aliphatic heterocycles. The molecular weight excluding hydrogens is 352 g/mol. The Hall–Kier alpha value is -2.82. The number of amides is 2. The lowest BCUT2D eigenvalue weighted by atomic mass is 10.0. The molecule has 2 aromatic carbocycles. The van der Waals surface area contributed by atoms with Crippen molar-refractivity contribution in [2.24, 2.45) is 0 Å². The van der Waals surface area contributed by atoms with E-state index in [2.05, 4.69) is 25.2 Å². The lowest BCUT2D eigenvalue weighted by Gasteiger charge is -2.27. The molecule has 0 aliphatic carbocycles. The van der Waals surface area contributed by atoms with Crippen LogP contribution >= 0.6 is 0 Å². The van der Waals surface area contributed by atoms with Gasteiger partial charge in [0.1, 0.15) is 5.75 Å². The lowest BCUT2D eigenvalue weighted by Crippen LogP contribution is -2.35. The average molecular weight is 380 g/mol. The molecule has 0 spiro atoms. The minimum absolute atomic E-state index is 0.0595. The summed E-state index contributed by atoms with van der Waals surface area (Å²) >= 11 is 0. The second-order valence-corrected chi connectivity index (χ2v) is 7.59. The summed E-state index contributed by atoms with van der Waals surface area (Å²) in [6.45, 7) is 6.88. The van der Waals surface area contributed by atoms with Gasteiger partial charge in [0.25, 0.3) is 5.91 Å². The molecule has 0 atom stereocenters. The Balaban J connectivity index is 1.63. The van der Waals surface area contributed by atoms with Crippen molar-refractivity contribution in [3.8, 4) is 5.75 Å². The normalized spacial score (nSPS) is 14.3. The highest BCUT2D eigenvalue weighted by Gasteiger charge is 2.20. The third-order valence-electron chi connectivity index (χ3n) is 4.91. The Bertz CT molecular complexity index is 861. The molecule has 28 heavy (non-hydrogen) atoms. The van der Waals surface area contributed by atoms with E-state index >= 15 is 0 Å². The van der Waals surface area contributed by atoms with E-state index in [-0.39, 0.29) is 18.4 Å². The topological polar surface area (TPSA) is 58.6 Å². The molecule has 1 N–H and O–H groups in total. The summed E-state index contributed by atoms with van der Waals surface area (Å²) in [6, 6.07) is 13.5. The maximum absolute atomic E-state index is 12.4. The standard InChI is InChI=1S/C23H28N2O3/c1-16(2)20-11-10-17(3)13-21(20)28-15-22(26)24-18-7-6-8-19(14-18)25-12-5-4-9-23(25)27/h6-8,10-11,13-14,16H,4-5,9,12,15H2,1-3H3,(H,24,26). The van der Waals surface area contributed by atoms with Gasteiger partial charge in [-0.2, -0.15) is 0 Å². The first-order chi connectivity index (χ1) is 13.4. The van der Waals surface area contributed by atoms with Crippen molar-refractivity contribution in [3.05, 3.63) is 53.6 Å². The maximum Gasteiger partial charge on any atom is 0.262 e. The number of rotatable bonds is 6. The summed E-state index contributed by atoms with van der Waals surface area (Å²) in [7, 11) is 0. The first-order valence-electron chi connectivity index (χ1n) is 9.87. The molecule has 1 fully saturated rings. The number of carbonyl (C=O) groups excluding carboxylic acids is 2. The van der Waals surface area contributed by atoms with Crippen molar-refractivity contribution in [1.82, 2.24) is 0 Å². The van der Waals surface area contributed by atoms with Gasteiger partial charge in [-0.3, -0.25) is 9.59 Å². The Morgan fingerprint density at radius 3 is 2.75 bits per heavy atom. The monoisotopic (exact) mass is 380 g/mol. The van der Waals surface area contributed by atoms with E-state index in [4.69, 9.17) is 4.74 Å². The molecule has 1 aliphatic rings. The van der Waals surface area contributed by atoms with Crippen LogP contribution in [-0.4, -0.2) is 25.0 Å². The predicted octanol–water partition coefficient (Wildman–Crippen LogP) is 4.65. The summed E-state index contributed by atoms with van der Waals surface area (Å²) in [5.41, 5.74) is 3.67. The Morgan fingerprint density at radius 2 is 2.00 bits per heavy atom. The third-order valence-corrected chi connectivity index (χ3v) is 4.91. The van der Waals surface area contributed by atoms with Gasteiger partial charge in [0.05, 0.1) is 0 Å². The number of benzene rings is 2. The first-order valence-corrected chi connectivity index (χ1v) is 9.87. The number of ether oxygens (including phenoxy) is 1. The SMILES string of the molecule is Cc1ccc(C(C)C)c(OCC(=O)Nc2cccc(N3CCCCC3=O)c2)c1. The summed E-state index contributed by atoms with van der Waals surface area (Å²) in [4.78, 5) is 26.3. The fourth-order valence-corrected chi connectivity index (χ4v) is 3.41. The second-order valence-electron chi connectivity index (χ2n) is 7.59. The van der Waals surface area contributed by atoms with Crippen molar-refractivity contribution < 1.29 is 14.3 Å². The van der Waals surface area contributed by atoms with E-state index in [0.717, 1.165) is 42.0 Å². The molecule has 148 valence electrons. The number of carbonyl (C=O) groups is 2. The zero-order valence-corrected chi connectivity index (χ0v) is 16.8. The Kier molecular flexibility index (Phi) is 6.34. The highest BCUT2D eigenvalue weighted by Crippen LogP contribution is 2.28. The number of hydrogen-bond acceptors (Lipinski definition) is 3. The number of nitrogens with zero attached hydrogens (tertiary/aromatic N) is 1. The molecule has 5 nitrogen and oxygen atoms in total. The quantitative estimate of drug-likeness (QED) is 0.793. The van der Waals surface area contributed by atoms with Gasteiger partial charge in [-0.25, -0.2) is 0 Å². The van der Waals surface area contributed by atoms with Gasteiger partial charge in [0, 0.05) is 24.3 Å². The molecular formula is C23H28N2O3. The van der Waals surface area contributed by atoms with E-state index in [1.165, 1.54) is 0 Å². The zero-order chi connectivity index (χ0) is 20.1. The molecule has 1 heterocycles. The van der Waals surface area contributed by atoms with Gasteiger partial charge in [0.15, 0.2) is 6.61 Å². The highest BCUT2D eigenvalue weighted by atomic mass is 16.5. The minimum atomic E-state index is -0.224. The van der Waals surface area contributed by atoms with Crippen LogP contribution in [0.1, 0.15) is 50.2 Å². The smallest absolute Gasteiger partial charge is 0.262 e. The van der Waals surface area contributed by atoms with Gasteiger partial charge < -0.3 is 15.0 Å². The van der Waals surface area contributed by atoms with Crippen LogP contribution in [0, 0.1) is 6.92 Å². The summed E-state index contributed by atoms with van der Waals surface area (Å²) < 4.78 is 5.80. The molecule has 0 bridgehead atoms. The molecule has 0 radical (unpaired) electrons. The lowest BCUT2D eigenvalue weighted by molar-refractivity contribution is -0.119. The van der Waals surface area contributed by atoms with E-state index in [1.807, 2.05) is 43.3 Å². The zero-order valence-electron chi connectivity index (χ0n) is 16.8. The van der Waals surface area contributed by atoms with Crippen LogP contribution in [0.3, 0.4) is 0 Å². The van der Waals surface area contributed by atoms with E-state index in [0.29, 0.717) is 18.0 Å². The number of nitrogens with one attached hydrogen (secondary N) is 1. The van der Waals surface area contributed by atoms with Crippen molar-refractivity contribution in [3.63, 3.8) is 0 Å². The van der Waals surface area contributed by atoms with Crippen LogP contribution in [0.25, 0.3) is 0 Å². The van der Waals surface area contributed by atoms with E-state index in [1.54, 1.807) is 4.90 Å². The van der Waals surface area contributed by atoms with Gasteiger partial charge in [-0.05, 0) is 61.1 Å². The van der Waals surface area contributed by atoms with Crippen LogP contribution < -0.4 is 15.0 Å². The van der Waals surface area contributed by atoms with Gasteiger partial charge in [-0.15, -0.1) is 0 Å². The average Bonchev–Trinajstić information content (AvgIpc) is 2.67. The minimum Gasteiger partial charge on any atom is -0.483 e. The third kappa shape index (κ3) is 4.91. The molecule has 5 heteroatoms. The number of hydrogen-bond donors (Lipinski definition) is 1. The predicted molar refractivity (Wildman–Crippen MR) is 112 cm³/mol. The van der Waals surface area contributed by atoms with Crippen LogP contribution in [0.5, 0.6) is 5.75 Å². The van der Waals surface area contributed by atoms with Crippen LogP contribution in [0.15, 0.2) is 42.5 Å². The van der Waals surface area contributed by atoms with Crippen molar-refractivity contribution in [2.75, 3.05) is 23.4 Å². The van der Waals surface area contributed by atoms with Gasteiger partial charge in [0.2, 0.25) is 5.91 Å². The largest absolute Gasteiger partial charge is 0.483 e. The fourth-order valence-electron chi connectivity index (χ4n) is 3.41. The van der Waals surface area contributed by atoms with Crippen LogP contribution in [-0.2, 0) is 9.59 Å². The van der Waals surface area contributed by atoms with E-state index < -0.39 is 0 Å². The molecule has 1 saturated heterocycles. The molecule has 2 amide bonds. The summed E-state index contributed by atoms with van der Waals surface area (Å²) in [5, 5.41) is 2.87. The van der Waals surface area contributed by atoms with Crippen LogP contribution in [0.2, 0.25) is 0 Å². The molecule has 0 unspecified atom stereocenters.